The fraction of sp³-hybridized carbons (Fsp3) is 0.667. The normalized spacial score (nSPS) is 12.2. The smallest absolute Gasteiger partial charge is 0.206 e. The summed E-state index contributed by atoms with van der Waals surface area (Å²) in [4.78, 5) is 0. The Balaban J connectivity index is 0. The average molecular weight is 313 g/mol. The molecule has 1 unspecified atom stereocenters. The van der Waals surface area contributed by atoms with E-state index in [0.717, 1.165) is 19.5 Å². The van der Waals surface area contributed by atoms with Crippen LogP contribution >= 0.6 is 0 Å². The van der Waals surface area contributed by atoms with Gasteiger partial charge < -0.3 is 19.9 Å². The summed E-state index contributed by atoms with van der Waals surface area (Å²) in [7, 11) is 3.25. The number of benzene rings is 1. The number of hydrogen-bond donors (Lipinski definition) is 2. The molecule has 1 aromatic carbocycles. The topological polar surface area (TPSA) is 50.7 Å². The van der Waals surface area contributed by atoms with Crippen LogP contribution in [-0.4, -0.2) is 38.2 Å². The third kappa shape index (κ3) is 12.6. The van der Waals surface area contributed by atoms with Gasteiger partial charge in [-0.2, -0.15) is 0 Å². The molecule has 1 aromatic rings. The molecule has 1 rings (SSSR count). The van der Waals surface area contributed by atoms with E-state index < -0.39 is 5.79 Å². The van der Waals surface area contributed by atoms with Gasteiger partial charge in [0, 0.05) is 34.1 Å². The van der Waals surface area contributed by atoms with Crippen LogP contribution in [0.1, 0.15) is 46.6 Å². The molecule has 22 heavy (non-hydrogen) atoms. The molecule has 0 radical (unpaired) electrons. The average Bonchev–Trinajstić information content (AvgIpc) is 2.50. The highest BCUT2D eigenvalue weighted by molar-refractivity contribution is 5.27. The monoisotopic (exact) mass is 313 g/mol. The Hall–Kier alpha value is -1.10. The summed E-state index contributed by atoms with van der Waals surface area (Å²) in [6, 6.07) is 7.85. The summed E-state index contributed by atoms with van der Waals surface area (Å²) in [6.07, 6.45) is 1.58. The molecule has 0 saturated heterocycles. The quantitative estimate of drug-likeness (QED) is 0.596. The van der Waals surface area contributed by atoms with Crippen LogP contribution in [0.3, 0.4) is 0 Å². The maximum absolute atomic E-state index is 10.1. The number of methoxy groups -OCH3 is 1. The Bertz CT molecular complexity index is 337. The standard InChI is InChI=1S/C14H23NO2.C2H6O.C2H6/c1-4-12-6-8-13(9-7-12)17-14(3,16)10-11-15-5-2;1-3-2;1-2/h6-9,15-16H,4-5,10-11H2,1-3H3;1-2H3;1-2H3. The Kier molecular flexibility index (Phi) is 15.6. The van der Waals surface area contributed by atoms with E-state index in [2.05, 4.69) is 17.0 Å². The molecular weight excluding hydrogens is 278 g/mol. The summed E-state index contributed by atoms with van der Waals surface area (Å²) in [5.41, 5.74) is 1.27. The molecule has 4 nitrogen and oxygen atoms in total. The second-order valence-corrected chi connectivity index (χ2v) is 4.79. The van der Waals surface area contributed by atoms with Gasteiger partial charge in [-0.3, -0.25) is 0 Å². The minimum Gasteiger partial charge on any atom is -0.463 e. The minimum atomic E-state index is -1.12. The predicted octanol–water partition coefficient (Wildman–Crippen LogP) is 3.62. The van der Waals surface area contributed by atoms with Crippen molar-refractivity contribution in [3.05, 3.63) is 29.8 Å². The lowest BCUT2D eigenvalue weighted by atomic mass is 10.1. The highest BCUT2D eigenvalue weighted by Gasteiger charge is 2.21. The molecule has 0 fully saturated rings. The van der Waals surface area contributed by atoms with Gasteiger partial charge in [-0.05, 0) is 30.7 Å². The largest absolute Gasteiger partial charge is 0.463 e. The highest BCUT2D eigenvalue weighted by atomic mass is 16.6. The zero-order valence-corrected chi connectivity index (χ0v) is 15.4. The minimum absolute atomic E-state index is 0.566. The van der Waals surface area contributed by atoms with E-state index in [1.807, 2.05) is 45.0 Å². The van der Waals surface area contributed by atoms with Gasteiger partial charge in [0.25, 0.3) is 0 Å². The Labute approximate surface area is 136 Å². The van der Waals surface area contributed by atoms with Gasteiger partial charge >= 0.3 is 0 Å². The maximum atomic E-state index is 10.1. The molecule has 4 heteroatoms. The van der Waals surface area contributed by atoms with Gasteiger partial charge in [-0.1, -0.05) is 39.8 Å². The van der Waals surface area contributed by atoms with Crippen LogP contribution in [0, 0.1) is 0 Å². The lowest BCUT2D eigenvalue weighted by molar-refractivity contribution is -0.125. The van der Waals surface area contributed by atoms with Crippen LogP contribution in [-0.2, 0) is 11.2 Å². The maximum Gasteiger partial charge on any atom is 0.206 e. The lowest BCUT2D eigenvalue weighted by Gasteiger charge is -2.25. The van der Waals surface area contributed by atoms with E-state index in [1.54, 1.807) is 21.1 Å². The van der Waals surface area contributed by atoms with Crippen molar-refractivity contribution in [3.8, 4) is 5.75 Å². The Morgan fingerprint density at radius 3 is 2.00 bits per heavy atom. The number of nitrogens with one attached hydrogen (secondary N) is 1. The molecule has 0 bridgehead atoms. The molecule has 0 spiro atoms. The second kappa shape index (κ2) is 14.8. The van der Waals surface area contributed by atoms with Crippen LogP contribution in [0.15, 0.2) is 24.3 Å². The van der Waals surface area contributed by atoms with Gasteiger partial charge in [0.2, 0.25) is 5.79 Å². The van der Waals surface area contributed by atoms with Crippen molar-refractivity contribution in [1.29, 1.82) is 0 Å². The Morgan fingerprint density at radius 1 is 1.09 bits per heavy atom. The molecule has 0 aromatic heterocycles. The first-order chi connectivity index (χ1) is 10.5. The van der Waals surface area contributed by atoms with Crippen molar-refractivity contribution in [2.45, 2.75) is 53.2 Å². The highest BCUT2D eigenvalue weighted by Crippen LogP contribution is 2.19. The van der Waals surface area contributed by atoms with Crippen LogP contribution in [0.5, 0.6) is 5.75 Å². The van der Waals surface area contributed by atoms with E-state index in [1.165, 1.54) is 5.56 Å². The van der Waals surface area contributed by atoms with Crippen molar-refractivity contribution >= 4 is 0 Å². The van der Waals surface area contributed by atoms with Crippen molar-refractivity contribution in [2.24, 2.45) is 0 Å². The van der Waals surface area contributed by atoms with E-state index in [9.17, 15) is 5.11 Å². The van der Waals surface area contributed by atoms with Crippen LogP contribution in [0.2, 0.25) is 0 Å². The van der Waals surface area contributed by atoms with Gasteiger partial charge in [0.05, 0.1) is 0 Å². The van der Waals surface area contributed by atoms with Gasteiger partial charge in [0.15, 0.2) is 0 Å². The zero-order chi connectivity index (χ0) is 17.4. The van der Waals surface area contributed by atoms with Gasteiger partial charge in [0.1, 0.15) is 5.75 Å². The summed E-state index contributed by atoms with van der Waals surface area (Å²) < 4.78 is 9.81. The SMILES string of the molecule is CC.CCNCCC(C)(O)Oc1ccc(CC)cc1.COC. The predicted molar refractivity (Wildman–Crippen MR) is 94.5 cm³/mol. The molecular formula is C18H35NO3. The molecule has 0 heterocycles. The second-order valence-electron chi connectivity index (χ2n) is 4.79. The first-order valence-electron chi connectivity index (χ1n) is 8.10. The summed E-state index contributed by atoms with van der Waals surface area (Å²) in [5.74, 6) is -0.403. The molecule has 130 valence electrons. The number of rotatable bonds is 7. The number of aliphatic hydroxyl groups is 1. The Morgan fingerprint density at radius 2 is 1.59 bits per heavy atom. The summed E-state index contributed by atoms with van der Waals surface area (Å²) in [6.45, 7) is 11.5. The van der Waals surface area contributed by atoms with Crippen LogP contribution < -0.4 is 10.1 Å². The van der Waals surface area contributed by atoms with E-state index >= 15 is 0 Å². The van der Waals surface area contributed by atoms with Crippen molar-refractivity contribution in [2.75, 3.05) is 27.3 Å². The lowest BCUT2D eigenvalue weighted by Crippen LogP contribution is -2.35. The fourth-order valence-electron chi connectivity index (χ4n) is 1.60. The third-order valence-electron chi connectivity index (χ3n) is 2.68. The molecule has 0 aliphatic carbocycles. The molecule has 0 amide bonds. The summed E-state index contributed by atoms with van der Waals surface area (Å²) >= 11 is 0. The van der Waals surface area contributed by atoms with E-state index in [4.69, 9.17) is 4.74 Å². The fourth-order valence-corrected chi connectivity index (χ4v) is 1.60. The summed E-state index contributed by atoms with van der Waals surface area (Å²) in [5, 5.41) is 13.2. The van der Waals surface area contributed by atoms with Crippen molar-refractivity contribution in [3.63, 3.8) is 0 Å². The molecule has 2 N–H and O–H groups in total. The van der Waals surface area contributed by atoms with Crippen LogP contribution in [0.25, 0.3) is 0 Å². The number of ether oxygens (including phenoxy) is 2. The van der Waals surface area contributed by atoms with Crippen LogP contribution in [0.4, 0.5) is 0 Å². The third-order valence-corrected chi connectivity index (χ3v) is 2.68. The van der Waals surface area contributed by atoms with Gasteiger partial charge in [-0.15, -0.1) is 0 Å². The first-order valence-corrected chi connectivity index (χ1v) is 8.10. The zero-order valence-electron chi connectivity index (χ0n) is 15.4. The van der Waals surface area contributed by atoms with Gasteiger partial charge in [-0.25, -0.2) is 0 Å². The molecule has 0 saturated carbocycles. The number of hydrogen-bond acceptors (Lipinski definition) is 4. The first kappa shape index (κ1) is 23.2. The van der Waals surface area contributed by atoms with Crippen molar-refractivity contribution in [1.82, 2.24) is 5.32 Å². The molecule has 1 atom stereocenters. The van der Waals surface area contributed by atoms with E-state index in [0.29, 0.717) is 12.2 Å². The molecule has 0 aliphatic heterocycles. The molecule has 0 aliphatic rings. The number of aryl methyl sites for hydroxylation is 1. The van der Waals surface area contributed by atoms with E-state index in [-0.39, 0.29) is 0 Å². The van der Waals surface area contributed by atoms with Crippen molar-refractivity contribution < 1.29 is 14.6 Å².